The zero-order chi connectivity index (χ0) is 24.3. The van der Waals surface area contributed by atoms with Crippen LogP contribution in [0.4, 0.5) is 0 Å². The summed E-state index contributed by atoms with van der Waals surface area (Å²) in [5, 5.41) is 31.6. The first kappa shape index (κ1) is 22.9. The highest BCUT2D eigenvalue weighted by atomic mass is 16.6. The number of aliphatic hydroxyl groups is 3. The molecular formula is C28H36O6. The molecule has 2 aliphatic heterocycles. The fourth-order valence-electron chi connectivity index (χ4n) is 7.67. The third-order valence-corrected chi connectivity index (χ3v) is 10.4. The molecule has 6 nitrogen and oxygen atoms in total. The fraction of sp³-hybridized carbons (Fsp3) is 0.679. The van der Waals surface area contributed by atoms with Gasteiger partial charge in [0.25, 0.3) is 0 Å². The van der Waals surface area contributed by atoms with Crippen LogP contribution in [0.3, 0.4) is 0 Å². The lowest BCUT2D eigenvalue weighted by molar-refractivity contribution is -0.321. The number of carbonyl (C=O) groups excluding carboxylic acids is 1. The SMILES string of the molecule is C[C@@H](c1ccc2c(c1)CCC1C2C[C@@H]2O[C@@]23CC=CC(=O)[C@]13C)C1C[C@](C)(O)[C@@](C)(O)[C@@H](O)O1. The average molecular weight is 469 g/mol. The lowest BCUT2D eigenvalue weighted by Crippen LogP contribution is -2.64. The molecule has 6 rings (SSSR count). The van der Waals surface area contributed by atoms with Crippen LogP contribution in [-0.4, -0.2) is 56.4 Å². The first-order valence-electron chi connectivity index (χ1n) is 12.7. The van der Waals surface area contributed by atoms with Crippen LogP contribution < -0.4 is 0 Å². The van der Waals surface area contributed by atoms with Crippen LogP contribution in [0.5, 0.6) is 0 Å². The summed E-state index contributed by atoms with van der Waals surface area (Å²) >= 11 is 0. The molecule has 0 bridgehead atoms. The number of hydrogen-bond acceptors (Lipinski definition) is 6. The molecule has 10 atom stereocenters. The number of aliphatic hydroxyl groups excluding tert-OH is 1. The predicted octanol–water partition coefficient (Wildman–Crippen LogP) is 3.12. The molecule has 0 aromatic heterocycles. The quantitative estimate of drug-likeness (QED) is 0.577. The summed E-state index contributed by atoms with van der Waals surface area (Å²) in [5.41, 5.74) is -0.174. The van der Waals surface area contributed by atoms with Crippen LogP contribution >= 0.6 is 0 Å². The van der Waals surface area contributed by atoms with E-state index < -0.39 is 29.0 Å². The maximum atomic E-state index is 13.2. The smallest absolute Gasteiger partial charge is 0.186 e. The molecular weight excluding hydrogens is 432 g/mol. The highest BCUT2D eigenvalue weighted by molar-refractivity contribution is 5.98. The Labute approximate surface area is 201 Å². The van der Waals surface area contributed by atoms with Crippen LogP contribution in [0, 0.1) is 11.3 Å². The van der Waals surface area contributed by atoms with E-state index in [2.05, 4.69) is 25.1 Å². The van der Waals surface area contributed by atoms with Crippen LogP contribution in [0.1, 0.15) is 81.9 Å². The molecule has 0 amide bonds. The summed E-state index contributed by atoms with van der Waals surface area (Å²) in [4.78, 5) is 13.2. The Morgan fingerprint density at radius 1 is 1.18 bits per heavy atom. The van der Waals surface area contributed by atoms with E-state index in [0.29, 0.717) is 5.92 Å². The zero-order valence-corrected chi connectivity index (χ0v) is 20.5. The van der Waals surface area contributed by atoms with Gasteiger partial charge in [0.05, 0.1) is 23.2 Å². The molecule has 2 heterocycles. The van der Waals surface area contributed by atoms with Gasteiger partial charge in [-0.25, -0.2) is 0 Å². The highest BCUT2D eigenvalue weighted by Gasteiger charge is 2.75. The van der Waals surface area contributed by atoms with Crippen LogP contribution in [-0.2, 0) is 20.7 Å². The molecule has 184 valence electrons. The van der Waals surface area contributed by atoms with E-state index in [1.54, 1.807) is 13.0 Å². The summed E-state index contributed by atoms with van der Waals surface area (Å²) < 4.78 is 12.1. The van der Waals surface area contributed by atoms with Gasteiger partial charge in [0.2, 0.25) is 0 Å². The minimum Gasteiger partial charge on any atom is -0.387 e. The molecule has 6 heteroatoms. The van der Waals surface area contributed by atoms with Crippen molar-refractivity contribution in [3.05, 3.63) is 47.0 Å². The number of epoxide rings is 1. The predicted molar refractivity (Wildman–Crippen MR) is 125 cm³/mol. The van der Waals surface area contributed by atoms with Crippen molar-refractivity contribution in [1.29, 1.82) is 0 Å². The van der Waals surface area contributed by atoms with Crippen molar-refractivity contribution in [2.45, 2.75) is 107 Å². The lowest BCUT2D eigenvalue weighted by atomic mass is 9.49. The number of hydrogen-bond donors (Lipinski definition) is 3. The average Bonchev–Trinajstić information content (AvgIpc) is 3.50. The van der Waals surface area contributed by atoms with Gasteiger partial charge in [-0.15, -0.1) is 0 Å². The normalized spacial score (nSPS) is 50.0. The second-order valence-electron chi connectivity index (χ2n) is 12.1. The maximum absolute atomic E-state index is 13.2. The molecule has 3 unspecified atom stereocenters. The van der Waals surface area contributed by atoms with Crippen LogP contribution in [0.15, 0.2) is 30.4 Å². The number of aryl methyl sites for hydroxylation is 1. The Hall–Kier alpha value is -1.57. The number of ketones is 1. The van der Waals surface area contributed by atoms with Crippen molar-refractivity contribution >= 4 is 5.78 Å². The summed E-state index contributed by atoms with van der Waals surface area (Å²) in [6.45, 7) is 7.14. The minimum absolute atomic E-state index is 0.0615. The Balaban J connectivity index is 1.28. The van der Waals surface area contributed by atoms with E-state index in [1.165, 1.54) is 18.1 Å². The Morgan fingerprint density at radius 3 is 2.68 bits per heavy atom. The maximum Gasteiger partial charge on any atom is 0.186 e. The first-order valence-corrected chi connectivity index (χ1v) is 12.7. The van der Waals surface area contributed by atoms with Gasteiger partial charge in [0, 0.05) is 12.3 Å². The number of rotatable bonds is 2. The minimum atomic E-state index is -1.73. The van der Waals surface area contributed by atoms with Crippen LogP contribution in [0.25, 0.3) is 0 Å². The van der Waals surface area contributed by atoms with E-state index in [-0.39, 0.29) is 35.7 Å². The van der Waals surface area contributed by atoms with Crippen molar-refractivity contribution in [1.82, 2.24) is 0 Å². The first-order chi connectivity index (χ1) is 15.9. The van der Waals surface area contributed by atoms with E-state index in [1.807, 2.05) is 13.0 Å². The third kappa shape index (κ3) is 2.78. The Bertz CT molecular complexity index is 1070. The molecule has 3 N–H and O–H groups in total. The number of carbonyl (C=O) groups is 1. The number of ether oxygens (including phenoxy) is 2. The van der Waals surface area contributed by atoms with Gasteiger partial charge in [-0.2, -0.15) is 0 Å². The number of benzene rings is 1. The molecule has 1 aromatic rings. The van der Waals surface area contributed by atoms with Crippen molar-refractivity contribution in [3.63, 3.8) is 0 Å². The molecule has 34 heavy (non-hydrogen) atoms. The van der Waals surface area contributed by atoms with Crippen molar-refractivity contribution < 1.29 is 29.6 Å². The highest BCUT2D eigenvalue weighted by Crippen LogP contribution is 2.69. The number of fused-ring (bicyclic) bond motifs is 4. The van der Waals surface area contributed by atoms with Gasteiger partial charge in [-0.1, -0.05) is 31.2 Å². The largest absolute Gasteiger partial charge is 0.387 e. The summed E-state index contributed by atoms with van der Waals surface area (Å²) in [6.07, 6.45) is 6.00. The van der Waals surface area contributed by atoms with Gasteiger partial charge in [0.1, 0.15) is 11.2 Å². The van der Waals surface area contributed by atoms with Crippen molar-refractivity contribution in [3.8, 4) is 0 Å². The fourth-order valence-corrected chi connectivity index (χ4v) is 7.67. The van der Waals surface area contributed by atoms with Crippen LogP contribution in [0.2, 0.25) is 0 Å². The molecule has 0 radical (unpaired) electrons. The molecule has 1 spiro atoms. The molecule has 1 aromatic carbocycles. The molecule has 3 aliphatic carbocycles. The topological polar surface area (TPSA) is 99.5 Å². The van der Waals surface area contributed by atoms with E-state index in [9.17, 15) is 20.1 Å². The number of allylic oxidation sites excluding steroid dienone is 1. The van der Waals surface area contributed by atoms with Gasteiger partial charge >= 0.3 is 0 Å². The summed E-state index contributed by atoms with van der Waals surface area (Å²) in [6, 6.07) is 6.59. The monoisotopic (exact) mass is 468 g/mol. The molecule has 3 fully saturated rings. The van der Waals surface area contributed by atoms with Gasteiger partial charge in [-0.05, 0) is 81.1 Å². The van der Waals surface area contributed by atoms with Gasteiger partial charge in [0.15, 0.2) is 12.1 Å². The van der Waals surface area contributed by atoms with Crippen molar-refractivity contribution in [2.75, 3.05) is 0 Å². The second-order valence-corrected chi connectivity index (χ2v) is 12.1. The van der Waals surface area contributed by atoms with Gasteiger partial charge in [-0.3, -0.25) is 4.79 Å². The molecule has 5 aliphatic rings. The Morgan fingerprint density at radius 2 is 1.94 bits per heavy atom. The van der Waals surface area contributed by atoms with E-state index >= 15 is 0 Å². The molecule has 2 saturated heterocycles. The van der Waals surface area contributed by atoms with Crippen molar-refractivity contribution in [2.24, 2.45) is 11.3 Å². The Kier molecular flexibility index (Phi) is 4.72. The summed E-state index contributed by atoms with van der Waals surface area (Å²) in [7, 11) is 0. The lowest BCUT2D eigenvalue weighted by Gasteiger charge is -2.51. The summed E-state index contributed by atoms with van der Waals surface area (Å²) in [5.74, 6) is 0.764. The standard InChI is InChI=1S/C28H36O6/c1-15(21-14-25(2,31)27(4,32)24(30)33-21)16-7-9-18-17(12-16)8-10-20-19(18)13-23-28(34-23)11-5-6-22(29)26(20,28)3/h5-7,9,12,15,19-21,23-24,30-32H,8,10-11,13-14H2,1-4H3/t15-,19?,20?,21?,23-,24-,25-,26-,27-,28-/m0/s1. The van der Waals surface area contributed by atoms with E-state index in [0.717, 1.165) is 31.2 Å². The van der Waals surface area contributed by atoms with E-state index in [4.69, 9.17) is 9.47 Å². The second kappa shape index (κ2) is 7.01. The zero-order valence-electron chi connectivity index (χ0n) is 20.5. The van der Waals surface area contributed by atoms with Gasteiger partial charge < -0.3 is 24.8 Å². The third-order valence-electron chi connectivity index (χ3n) is 10.4. The molecule has 1 saturated carbocycles.